The van der Waals surface area contributed by atoms with Gasteiger partial charge in [-0.2, -0.15) is 0 Å². The van der Waals surface area contributed by atoms with Gasteiger partial charge in [-0.3, -0.25) is 0 Å². The molecule has 1 heterocycles. The Balaban J connectivity index is 2.20. The summed E-state index contributed by atoms with van der Waals surface area (Å²) in [5.74, 6) is 0. The van der Waals surface area contributed by atoms with Crippen molar-refractivity contribution in [2.24, 2.45) is 0 Å². The van der Waals surface area contributed by atoms with E-state index in [9.17, 15) is 0 Å². The van der Waals surface area contributed by atoms with Gasteiger partial charge in [-0.05, 0) is 44.6 Å². The third-order valence-corrected chi connectivity index (χ3v) is 4.18. The molecule has 0 amide bonds. The minimum Gasteiger partial charge on any atom is -0.353 e. The molecule has 0 saturated carbocycles. The molecule has 0 spiro atoms. The molecule has 1 atom stereocenters. The van der Waals surface area contributed by atoms with Crippen LogP contribution in [-0.2, 0) is 15.1 Å². The number of ether oxygens (including phenoxy) is 2. The Hall–Kier alpha value is -0.860. The zero-order valence-electron chi connectivity index (χ0n) is 12.4. The highest BCUT2D eigenvalue weighted by molar-refractivity contribution is 5.27. The lowest BCUT2D eigenvalue weighted by atomic mass is 9.87. The summed E-state index contributed by atoms with van der Waals surface area (Å²) in [6, 6.07) is 8.69. The highest BCUT2D eigenvalue weighted by atomic mass is 16.7. The molecule has 1 aromatic rings. The summed E-state index contributed by atoms with van der Waals surface area (Å²) in [7, 11) is 0. The molecule has 1 aromatic carbocycles. The normalized spacial score (nSPS) is 20.5. The van der Waals surface area contributed by atoms with Crippen LogP contribution in [0.5, 0.6) is 0 Å². The SMILES string of the molecule is CCC(CC)(OC1CCCCO1)c1cccc(C)c1. The maximum absolute atomic E-state index is 6.40. The Kier molecular flexibility index (Phi) is 5.00. The van der Waals surface area contributed by atoms with E-state index >= 15 is 0 Å². The van der Waals surface area contributed by atoms with E-state index in [-0.39, 0.29) is 11.9 Å². The average Bonchev–Trinajstić information content (AvgIpc) is 2.46. The predicted octanol–water partition coefficient (Wildman–Crippen LogP) is 4.55. The molecule has 2 heteroatoms. The summed E-state index contributed by atoms with van der Waals surface area (Å²) in [6.07, 6.45) is 5.32. The number of benzene rings is 1. The first-order valence-corrected chi connectivity index (χ1v) is 7.57. The van der Waals surface area contributed by atoms with E-state index in [0.29, 0.717) is 0 Å². The largest absolute Gasteiger partial charge is 0.353 e. The Labute approximate surface area is 117 Å². The maximum Gasteiger partial charge on any atom is 0.158 e. The molecule has 0 aliphatic carbocycles. The van der Waals surface area contributed by atoms with Crippen molar-refractivity contribution in [2.75, 3.05) is 6.61 Å². The summed E-state index contributed by atoms with van der Waals surface area (Å²) < 4.78 is 12.2. The fourth-order valence-corrected chi connectivity index (χ4v) is 2.88. The zero-order valence-corrected chi connectivity index (χ0v) is 12.4. The van der Waals surface area contributed by atoms with Crippen molar-refractivity contribution in [1.82, 2.24) is 0 Å². The van der Waals surface area contributed by atoms with Crippen LogP contribution in [0.3, 0.4) is 0 Å². The molecular formula is C17H26O2. The van der Waals surface area contributed by atoms with Crippen LogP contribution in [-0.4, -0.2) is 12.9 Å². The van der Waals surface area contributed by atoms with E-state index in [2.05, 4.69) is 45.0 Å². The summed E-state index contributed by atoms with van der Waals surface area (Å²) >= 11 is 0. The van der Waals surface area contributed by atoms with Crippen LogP contribution in [0, 0.1) is 6.92 Å². The summed E-state index contributed by atoms with van der Waals surface area (Å²) in [5.41, 5.74) is 2.37. The number of hydrogen-bond donors (Lipinski definition) is 0. The van der Waals surface area contributed by atoms with E-state index in [1.165, 1.54) is 17.5 Å². The smallest absolute Gasteiger partial charge is 0.158 e. The number of rotatable bonds is 5. The van der Waals surface area contributed by atoms with E-state index < -0.39 is 0 Å². The molecule has 1 fully saturated rings. The first kappa shape index (κ1) is 14.5. The highest BCUT2D eigenvalue weighted by Gasteiger charge is 2.33. The van der Waals surface area contributed by atoms with Crippen LogP contribution in [0.25, 0.3) is 0 Å². The third-order valence-electron chi connectivity index (χ3n) is 4.18. The quantitative estimate of drug-likeness (QED) is 0.775. The second-order valence-electron chi connectivity index (χ2n) is 5.48. The second-order valence-corrected chi connectivity index (χ2v) is 5.48. The second kappa shape index (κ2) is 6.53. The van der Waals surface area contributed by atoms with E-state index in [4.69, 9.17) is 9.47 Å². The van der Waals surface area contributed by atoms with Gasteiger partial charge in [0.2, 0.25) is 0 Å². The predicted molar refractivity (Wildman–Crippen MR) is 78.1 cm³/mol. The Morgan fingerprint density at radius 1 is 1.26 bits per heavy atom. The minimum atomic E-state index is -0.200. The van der Waals surface area contributed by atoms with Gasteiger partial charge >= 0.3 is 0 Å². The lowest BCUT2D eigenvalue weighted by molar-refractivity contribution is -0.232. The monoisotopic (exact) mass is 262 g/mol. The van der Waals surface area contributed by atoms with E-state index in [1.807, 2.05) is 0 Å². The number of hydrogen-bond acceptors (Lipinski definition) is 2. The molecule has 1 aliphatic rings. The third kappa shape index (κ3) is 3.37. The van der Waals surface area contributed by atoms with E-state index in [1.54, 1.807) is 0 Å². The molecule has 0 radical (unpaired) electrons. The Bertz CT molecular complexity index is 390. The molecule has 1 aliphatic heterocycles. The standard InChI is InChI=1S/C17H26O2/c1-4-17(5-2,15-10-8-9-14(3)13-15)19-16-11-6-7-12-18-16/h8-10,13,16H,4-7,11-12H2,1-3H3. The summed E-state index contributed by atoms with van der Waals surface area (Å²) in [6.45, 7) is 7.38. The fourth-order valence-electron chi connectivity index (χ4n) is 2.88. The van der Waals surface area contributed by atoms with Crippen molar-refractivity contribution in [1.29, 1.82) is 0 Å². The lowest BCUT2D eigenvalue weighted by Gasteiger charge is -2.37. The van der Waals surface area contributed by atoms with Gasteiger partial charge < -0.3 is 9.47 Å². The average molecular weight is 262 g/mol. The molecular weight excluding hydrogens is 236 g/mol. The van der Waals surface area contributed by atoms with Gasteiger partial charge in [0.25, 0.3) is 0 Å². The van der Waals surface area contributed by atoms with Gasteiger partial charge in [-0.15, -0.1) is 0 Å². The van der Waals surface area contributed by atoms with Gasteiger partial charge in [0.05, 0.1) is 5.60 Å². The summed E-state index contributed by atoms with van der Waals surface area (Å²) in [4.78, 5) is 0. The van der Waals surface area contributed by atoms with Gasteiger partial charge in [0.15, 0.2) is 6.29 Å². The van der Waals surface area contributed by atoms with Crippen LogP contribution < -0.4 is 0 Å². The first-order chi connectivity index (χ1) is 9.20. The molecule has 1 saturated heterocycles. The fraction of sp³-hybridized carbons (Fsp3) is 0.647. The van der Waals surface area contributed by atoms with E-state index in [0.717, 1.165) is 32.3 Å². The van der Waals surface area contributed by atoms with Crippen molar-refractivity contribution in [3.63, 3.8) is 0 Å². The Morgan fingerprint density at radius 3 is 2.63 bits per heavy atom. The van der Waals surface area contributed by atoms with Crippen LogP contribution >= 0.6 is 0 Å². The molecule has 2 rings (SSSR count). The van der Waals surface area contributed by atoms with Crippen LogP contribution in [0.4, 0.5) is 0 Å². The number of aryl methyl sites for hydroxylation is 1. The zero-order chi connectivity index (χ0) is 13.7. The molecule has 19 heavy (non-hydrogen) atoms. The lowest BCUT2D eigenvalue weighted by Crippen LogP contribution is -2.36. The van der Waals surface area contributed by atoms with Crippen molar-refractivity contribution >= 4 is 0 Å². The first-order valence-electron chi connectivity index (χ1n) is 7.57. The van der Waals surface area contributed by atoms with Gasteiger partial charge in [0, 0.05) is 6.61 Å². The molecule has 0 N–H and O–H groups in total. The van der Waals surface area contributed by atoms with Gasteiger partial charge in [-0.25, -0.2) is 0 Å². The van der Waals surface area contributed by atoms with Crippen molar-refractivity contribution in [2.45, 2.75) is 64.8 Å². The molecule has 2 nitrogen and oxygen atoms in total. The Morgan fingerprint density at radius 2 is 2.05 bits per heavy atom. The maximum atomic E-state index is 6.40. The van der Waals surface area contributed by atoms with Gasteiger partial charge in [-0.1, -0.05) is 43.7 Å². The molecule has 0 bridgehead atoms. The molecule has 0 aromatic heterocycles. The van der Waals surface area contributed by atoms with Crippen molar-refractivity contribution in [3.8, 4) is 0 Å². The van der Waals surface area contributed by atoms with Crippen molar-refractivity contribution in [3.05, 3.63) is 35.4 Å². The highest BCUT2D eigenvalue weighted by Crippen LogP contribution is 2.36. The van der Waals surface area contributed by atoms with Crippen molar-refractivity contribution < 1.29 is 9.47 Å². The van der Waals surface area contributed by atoms with Crippen LogP contribution in [0.1, 0.15) is 57.1 Å². The van der Waals surface area contributed by atoms with Gasteiger partial charge in [0.1, 0.15) is 0 Å². The minimum absolute atomic E-state index is 0.0332. The summed E-state index contributed by atoms with van der Waals surface area (Å²) in [5, 5.41) is 0. The van der Waals surface area contributed by atoms with Crippen LogP contribution in [0.2, 0.25) is 0 Å². The molecule has 106 valence electrons. The van der Waals surface area contributed by atoms with Crippen LogP contribution in [0.15, 0.2) is 24.3 Å². The topological polar surface area (TPSA) is 18.5 Å². The molecule has 1 unspecified atom stereocenters.